The van der Waals surface area contributed by atoms with Crippen molar-refractivity contribution in [2.24, 2.45) is 0 Å². The molecule has 0 aliphatic carbocycles. The largest absolute Gasteiger partial charge is 0.369 e. The molecule has 0 aromatic heterocycles. The number of morpholine rings is 1. The Morgan fingerprint density at radius 3 is 2.96 bits per heavy atom. The lowest BCUT2D eigenvalue weighted by atomic mass is 10.0. The predicted octanol–water partition coefficient (Wildman–Crippen LogP) is 1.02. The van der Waals surface area contributed by atoms with Crippen LogP contribution in [-0.2, 0) is 20.8 Å². The third kappa shape index (κ3) is 3.52. The van der Waals surface area contributed by atoms with Gasteiger partial charge in [-0.2, -0.15) is 0 Å². The van der Waals surface area contributed by atoms with E-state index in [1.165, 1.54) is 6.07 Å². The zero-order chi connectivity index (χ0) is 16.4. The van der Waals surface area contributed by atoms with Crippen LogP contribution in [0.15, 0.2) is 18.2 Å². The van der Waals surface area contributed by atoms with Crippen molar-refractivity contribution in [1.82, 2.24) is 9.80 Å². The van der Waals surface area contributed by atoms with Gasteiger partial charge in [-0.3, -0.25) is 9.69 Å². The molecular formula is C16H20F2N2O3. The highest BCUT2D eigenvalue weighted by Crippen LogP contribution is 2.24. The number of carbonyl (C=O) groups is 1. The molecule has 1 aromatic carbocycles. The van der Waals surface area contributed by atoms with E-state index in [2.05, 4.69) is 0 Å². The molecule has 1 unspecified atom stereocenters. The zero-order valence-corrected chi connectivity index (χ0v) is 13.1. The van der Waals surface area contributed by atoms with Gasteiger partial charge in [0.2, 0.25) is 5.91 Å². The molecule has 2 fully saturated rings. The smallest absolute Gasteiger partial charge is 0.248 e. The van der Waals surface area contributed by atoms with Gasteiger partial charge in [0, 0.05) is 32.2 Å². The second-order valence-electron chi connectivity index (χ2n) is 6.20. The van der Waals surface area contributed by atoms with E-state index >= 15 is 0 Å². The van der Waals surface area contributed by atoms with Crippen molar-refractivity contribution < 1.29 is 23.0 Å². The Hall–Kier alpha value is -1.57. The Kier molecular flexibility index (Phi) is 4.61. The van der Waals surface area contributed by atoms with Gasteiger partial charge in [0.05, 0.1) is 19.8 Å². The number of hydrogen-bond acceptors (Lipinski definition) is 4. The molecule has 0 bridgehead atoms. The first-order chi connectivity index (χ1) is 11.0. The first-order valence-corrected chi connectivity index (χ1v) is 7.60. The second-order valence-corrected chi connectivity index (χ2v) is 6.20. The van der Waals surface area contributed by atoms with Gasteiger partial charge < -0.3 is 14.4 Å². The number of carbonyl (C=O) groups excluding carboxylic acids is 1. The highest BCUT2D eigenvalue weighted by Gasteiger charge is 2.41. The number of nitrogens with zero attached hydrogens (tertiary/aromatic N) is 2. The monoisotopic (exact) mass is 326 g/mol. The van der Waals surface area contributed by atoms with Crippen LogP contribution in [0.5, 0.6) is 0 Å². The lowest BCUT2D eigenvalue weighted by molar-refractivity contribution is -0.143. The van der Waals surface area contributed by atoms with Gasteiger partial charge in [0.25, 0.3) is 0 Å². The molecule has 5 nitrogen and oxygen atoms in total. The molecule has 126 valence electrons. The van der Waals surface area contributed by atoms with Crippen LogP contribution in [-0.4, -0.2) is 67.8 Å². The lowest BCUT2D eigenvalue weighted by Gasteiger charge is -2.42. The number of rotatable bonds is 2. The van der Waals surface area contributed by atoms with Gasteiger partial charge in [0.15, 0.2) is 11.6 Å². The number of halogens is 2. The standard InChI is InChI=1S/C16H20F2N2O3/c1-19-9-16(11-22-8-14(19)21)10-20(5-6-23-16)7-12-3-2-4-13(17)15(12)18/h2-4H,5-11H2,1H3. The van der Waals surface area contributed by atoms with Crippen LogP contribution >= 0.6 is 0 Å². The topological polar surface area (TPSA) is 42.0 Å². The average molecular weight is 326 g/mol. The fraction of sp³-hybridized carbons (Fsp3) is 0.562. The number of hydrogen-bond donors (Lipinski definition) is 0. The average Bonchev–Trinajstić information content (AvgIpc) is 2.64. The molecule has 0 saturated carbocycles. The Balaban J connectivity index is 1.73. The summed E-state index contributed by atoms with van der Waals surface area (Å²) in [5.41, 5.74) is -0.302. The van der Waals surface area contributed by atoms with Crippen molar-refractivity contribution in [3.63, 3.8) is 0 Å². The summed E-state index contributed by atoms with van der Waals surface area (Å²) in [7, 11) is 1.72. The molecule has 1 aromatic rings. The van der Waals surface area contributed by atoms with Crippen LogP contribution in [0.1, 0.15) is 5.56 Å². The van der Waals surface area contributed by atoms with Crippen molar-refractivity contribution in [2.45, 2.75) is 12.1 Å². The van der Waals surface area contributed by atoms with E-state index in [0.29, 0.717) is 45.0 Å². The molecule has 1 amide bonds. The van der Waals surface area contributed by atoms with E-state index in [0.717, 1.165) is 6.07 Å². The molecule has 0 radical (unpaired) electrons. The summed E-state index contributed by atoms with van der Waals surface area (Å²) < 4.78 is 38.5. The number of ether oxygens (including phenoxy) is 2. The van der Waals surface area contributed by atoms with E-state index in [9.17, 15) is 13.6 Å². The maximum absolute atomic E-state index is 13.9. The first kappa shape index (κ1) is 16.3. The van der Waals surface area contributed by atoms with Crippen molar-refractivity contribution in [1.29, 1.82) is 0 Å². The summed E-state index contributed by atoms with van der Waals surface area (Å²) in [5, 5.41) is 0. The SMILES string of the molecule is CN1CC2(COCC1=O)CN(Cc1cccc(F)c1F)CCO2. The van der Waals surface area contributed by atoms with Gasteiger partial charge in [-0.1, -0.05) is 12.1 Å². The van der Waals surface area contributed by atoms with Crippen LogP contribution in [0, 0.1) is 11.6 Å². The van der Waals surface area contributed by atoms with E-state index in [-0.39, 0.29) is 12.5 Å². The highest BCUT2D eigenvalue weighted by molar-refractivity contribution is 5.77. The van der Waals surface area contributed by atoms with Crippen LogP contribution in [0.4, 0.5) is 8.78 Å². The summed E-state index contributed by atoms with van der Waals surface area (Å²) in [5.74, 6) is -1.73. The molecule has 2 heterocycles. The van der Waals surface area contributed by atoms with E-state index in [1.54, 1.807) is 18.0 Å². The number of likely N-dealkylation sites (N-methyl/N-ethyl adjacent to an activating group) is 1. The normalized spacial score (nSPS) is 26.6. The Morgan fingerprint density at radius 1 is 1.30 bits per heavy atom. The highest BCUT2D eigenvalue weighted by atomic mass is 19.2. The molecule has 7 heteroatoms. The van der Waals surface area contributed by atoms with Crippen LogP contribution in [0.2, 0.25) is 0 Å². The Morgan fingerprint density at radius 2 is 2.13 bits per heavy atom. The lowest BCUT2D eigenvalue weighted by Crippen LogP contribution is -2.58. The quantitative estimate of drug-likeness (QED) is 0.814. The summed E-state index contributed by atoms with van der Waals surface area (Å²) in [4.78, 5) is 15.3. The third-order valence-electron chi connectivity index (χ3n) is 4.29. The molecule has 2 aliphatic rings. The number of amides is 1. The second kappa shape index (κ2) is 6.51. The summed E-state index contributed by atoms with van der Waals surface area (Å²) >= 11 is 0. The van der Waals surface area contributed by atoms with Crippen LogP contribution in [0.25, 0.3) is 0 Å². The van der Waals surface area contributed by atoms with Gasteiger partial charge in [0.1, 0.15) is 12.2 Å². The molecule has 1 atom stereocenters. The molecule has 2 aliphatic heterocycles. The van der Waals surface area contributed by atoms with Gasteiger partial charge in [-0.15, -0.1) is 0 Å². The van der Waals surface area contributed by atoms with Crippen molar-refractivity contribution >= 4 is 5.91 Å². The molecule has 2 saturated heterocycles. The van der Waals surface area contributed by atoms with Crippen LogP contribution in [0.3, 0.4) is 0 Å². The van der Waals surface area contributed by atoms with Gasteiger partial charge >= 0.3 is 0 Å². The summed E-state index contributed by atoms with van der Waals surface area (Å²) in [6.07, 6.45) is 0. The molecular weight excluding hydrogens is 306 g/mol. The summed E-state index contributed by atoms with van der Waals surface area (Å²) in [6, 6.07) is 4.20. The van der Waals surface area contributed by atoms with E-state index in [4.69, 9.17) is 9.47 Å². The maximum atomic E-state index is 13.9. The predicted molar refractivity (Wildman–Crippen MR) is 78.8 cm³/mol. The van der Waals surface area contributed by atoms with Gasteiger partial charge in [-0.25, -0.2) is 8.78 Å². The Bertz CT molecular complexity index is 599. The third-order valence-corrected chi connectivity index (χ3v) is 4.29. The summed E-state index contributed by atoms with van der Waals surface area (Å²) in [6.45, 7) is 2.66. The van der Waals surface area contributed by atoms with E-state index < -0.39 is 17.2 Å². The molecule has 23 heavy (non-hydrogen) atoms. The molecule has 3 rings (SSSR count). The minimum atomic E-state index is -0.839. The molecule has 0 N–H and O–H groups in total. The number of benzene rings is 1. The first-order valence-electron chi connectivity index (χ1n) is 7.60. The maximum Gasteiger partial charge on any atom is 0.248 e. The van der Waals surface area contributed by atoms with Crippen molar-refractivity contribution in [3.8, 4) is 0 Å². The fourth-order valence-electron chi connectivity index (χ4n) is 3.15. The zero-order valence-electron chi connectivity index (χ0n) is 13.1. The molecule has 1 spiro atoms. The van der Waals surface area contributed by atoms with Crippen molar-refractivity contribution in [2.75, 3.05) is 46.5 Å². The van der Waals surface area contributed by atoms with E-state index in [1.807, 2.05) is 4.90 Å². The fourth-order valence-corrected chi connectivity index (χ4v) is 3.15. The minimum Gasteiger partial charge on any atom is -0.369 e. The van der Waals surface area contributed by atoms with Gasteiger partial charge in [-0.05, 0) is 6.07 Å². The van der Waals surface area contributed by atoms with Crippen LogP contribution < -0.4 is 0 Å². The Labute approximate surface area is 133 Å². The van der Waals surface area contributed by atoms with Crippen molar-refractivity contribution in [3.05, 3.63) is 35.4 Å². The minimum absolute atomic E-state index is 0.0418.